The number of nitrogens with zero attached hydrogens (tertiary/aromatic N) is 1. The van der Waals surface area contributed by atoms with Crippen molar-refractivity contribution in [3.05, 3.63) is 0 Å². The third-order valence-electron chi connectivity index (χ3n) is 4.60. The second kappa shape index (κ2) is 4.89. The van der Waals surface area contributed by atoms with Crippen LogP contribution in [0.3, 0.4) is 0 Å². The van der Waals surface area contributed by atoms with E-state index in [-0.39, 0.29) is 0 Å². The lowest BCUT2D eigenvalue weighted by Gasteiger charge is -2.56. The third-order valence-corrected chi connectivity index (χ3v) is 4.60. The van der Waals surface area contributed by atoms with E-state index in [1.165, 1.54) is 32.4 Å². The summed E-state index contributed by atoms with van der Waals surface area (Å²) in [4.78, 5) is 2.61. The Kier molecular flexibility index (Phi) is 3.84. The van der Waals surface area contributed by atoms with Crippen LogP contribution in [0.15, 0.2) is 0 Å². The van der Waals surface area contributed by atoms with Crippen molar-refractivity contribution in [1.29, 1.82) is 0 Å². The summed E-state index contributed by atoms with van der Waals surface area (Å²) >= 11 is 0. The van der Waals surface area contributed by atoms with Crippen LogP contribution >= 0.6 is 0 Å². The molecule has 17 heavy (non-hydrogen) atoms. The molecule has 0 aromatic heterocycles. The van der Waals surface area contributed by atoms with Crippen molar-refractivity contribution in [3.8, 4) is 0 Å². The molecule has 1 spiro atoms. The van der Waals surface area contributed by atoms with Crippen LogP contribution in [0, 0.1) is 11.3 Å². The lowest BCUT2D eigenvalue weighted by Crippen LogP contribution is -2.61. The maximum atomic E-state index is 6.03. The molecule has 2 nitrogen and oxygen atoms in total. The molecule has 0 N–H and O–H groups in total. The minimum atomic E-state index is 0.380. The summed E-state index contributed by atoms with van der Waals surface area (Å²) < 4.78 is 6.03. The molecular formula is C15H29NO. The van der Waals surface area contributed by atoms with E-state index in [0.717, 1.165) is 12.0 Å². The zero-order chi connectivity index (χ0) is 12.6. The maximum absolute atomic E-state index is 6.03. The predicted molar refractivity (Wildman–Crippen MR) is 72.2 cm³/mol. The van der Waals surface area contributed by atoms with E-state index in [0.29, 0.717) is 17.6 Å². The molecule has 0 aromatic rings. The summed E-state index contributed by atoms with van der Waals surface area (Å²) in [6.45, 7) is 14.0. The van der Waals surface area contributed by atoms with Gasteiger partial charge in [0.15, 0.2) is 0 Å². The van der Waals surface area contributed by atoms with Crippen LogP contribution in [0.25, 0.3) is 0 Å². The van der Waals surface area contributed by atoms with Crippen molar-refractivity contribution >= 4 is 0 Å². The Morgan fingerprint density at radius 1 is 1.18 bits per heavy atom. The first-order valence-electron chi connectivity index (χ1n) is 7.31. The molecule has 0 aromatic carbocycles. The summed E-state index contributed by atoms with van der Waals surface area (Å²) in [7, 11) is 0. The van der Waals surface area contributed by atoms with Gasteiger partial charge in [0.1, 0.15) is 0 Å². The first-order chi connectivity index (χ1) is 7.92. The highest BCUT2D eigenvalue weighted by Crippen LogP contribution is 2.47. The Hall–Kier alpha value is -0.0800. The molecule has 2 aliphatic rings. The van der Waals surface area contributed by atoms with Gasteiger partial charge in [-0.2, -0.15) is 0 Å². The van der Waals surface area contributed by atoms with E-state index in [1.54, 1.807) is 0 Å². The third kappa shape index (κ3) is 2.85. The number of rotatable bonds is 3. The zero-order valence-corrected chi connectivity index (χ0v) is 12.2. The first kappa shape index (κ1) is 13.4. The fourth-order valence-corrected chi connectivity index (χ4v) is 3.67. The van der Waals surface area contributed by atoms with Crippen LogP contribution in [0.5, 0.6) is 0 Å². The topological polar surface area (TPSA) is 12.5 Å². The van der Waals surface area contributed by atoms with Crippen LogP contribution in [0.2, 0.25) is 0 Å². The molecule has 1 aliphatic carbocycles. The molecule has 2 unspecified atom stereocenters. The first-order valence-corrected chi connectivity index (χ1v) is 7.31. The van der Waals surface area contributed by atoms with E-state index < -0.39 is 0 Å². The van der Waals surface area contributed by atoms with Gasteiger partial charge >= 0.3 is 0 Å². The van der Waals surface area contributed by atoms with E-state index in [9.17, 15) is 0 Å². The van der Waals surface area contributed by atoms with Gasteiger partial charge in [0.25, 0.3) is 0 Å². The molecule has 0 bridgehead atoms. The Morgan fingerprint density at radius 3 is 2.29 bits per heavy atom. The largest absolute Gasteiger partial charge is 0.375 e. The highest BCUT2D eigenvalue weighted by Gasteiger charge is 2.48. The van der Waals surface area contributed by atoms with Crippen LogP contribution in [-0.2, 0) is 4.74 Å². The lowest BCUT2D eigenvalue weighted by molar-refractivity contribution is -0.116. The van der Waals surface area contributed by atoms with Gasteiger partial charge in [-0.25, -0.2) is 0 Å². The number of hydrogen-bond acceptors (Lipinski definition) is 2. The van der Waals surface area contributed by atoms with Crippen LogP contribution < -0.4 is 0 Å². The molecule has 1 heterocycles. The van der Waals surface area contributed by atoms with Gasteiger partial charge < -0.3 is 4.74 Å². The molecule has 2 atom stereocenters. The summed E-state index contributed by atoms with van der Waals surface area (Å²) in [6.07, 6.45) is 4.90. The van der Waals surface area contributed by atoms with Crippen LogP contribution in [0.4, 0.5) is 0 Å². The van der Waals surface area contributed by atoms with E-state index in [2.05, 4.69) is 39.5 Å². The van der Waals surface area contributed by atoms with Gasteiger partial charge in [-0.1, -0.05) is 6.92 Å². The van der Waals surface area contributed by atoms with E-state index in [4.69, 9.17) is 4.74 Å². The number of likely N-dealkylation sites (tertiary alicyclic amines) is 1. The standard InChI is InChI=1S/C15H29NO/c1-11(2)16-9-15(10-16)7-6-14(13(5)8-15)17-12(3)4/h11-14H,6-10H2,1-5H3. The highest BCUT2D eigenvalue weighted by molar-refractivity contribution is 5.00. The molecule has 0 amide bonds. The minimum Gasteiger partial charge on any atom is -0.375 e. The Labute approximate surface area is 107 Å². The lowest BCUT2D eigenvalue weighted by atomic mass is 9.64. The van der Waals surface area contributed by atoms with Crippen molar-refractivity contribution in [2.24, 2.45) is 11.3 Å². The van der Waals surface area contributed by atoms with Crippen molar-refractivity contribution in [3.63, 3.8) is 0 Å². The fourth-order valence-electron chi connectivity index (χ4n) is 3.67. The minimum absolute atomic E-state index is 0.380. The van der Waals surface area contributed by atoms with Gasteiger partial charge in [-0.3, -0.25) is 4.90 Å². The summed E-state index contributed by atoms with van der Waals surface area (Å²) in [5.74, 6) is 0.737. The second-order valence-corrected chi connectivity index (χ2v) is 6.94. The molecule has 2 rings (SSSR count). The number of ether oxygens (including phenoxy) is 1. The van der Waals surface area contributed by atoms with Gasteiger partial charge in [0, 0.05) is 19.1 Å². The van der Waals surface area contributed by atoms with E-state index in [1.807, 2.05) is 0 Å². The van der Waals surface area contributed by atoms with Gasteiger partial charge in [-0.15, -0.1) is 0 Å². The molecule has 1 aliphatic heterocycles. The maximum Gasteiger partial charge on any atom is 0.0604 e. The molecule has 2 heteroatoms. The second-order valence-electron chi connectivity index (χ2n) is 6.94. The van der Waals surface area contributed by atoms with Gasteiger partial charge in [0.2, 0.25) is 0 Å². The molecule has 0 radical (unpaired) electrons. The normalized spacial score (nSPS) is 33.4. The summed E-state index contributed by atoms with van der Waals surface area (Å²) in [5, 5.41) is 0. The van der Waals surface area contributed by atoms with E-state index >= 15 is 0 Å². The van der Waals surface area contributed by atoms with Gasteiger partial charge in [-0.05, 0) is 58.3 Å². The highest BCUT2D eigenvalue weighted by atomic mass is 16.5. The molecule has 1 saturated carbocycles. The van der Waals surface area contributed by atoms with Gasteiger partial charge in [0.05, 0.1) is 12.2 Å². The molecular weight excluding hydrogens is 210 g/mol. The average molecular weight is 239 g/mol. The Bertz CT molecular complexity index is 256. The Morgan fingerprint density at radius 2 is 1.82 bits per heavy atom. The Balaban J connectivity index is 1.84. The van der Waals surface area contributed by atoms with Crippen molar-refractivity contribution in [2.45, 2.75) is 72.1 Å². The van der Waals surface area contributed by atoms with Crippen LogP contribution in [-0.4, -0.2) is 36.2 Å². The summed E-state index contributed by atoms with van der Waals surface area (Å²) in [5.41, 5.74) is 0.639. The zero-order valence-electron chi connectivity index (χ0n) is 12.2. The van der Waals surface area contributed by atoms with Crippen molar-refractivity contribution in [2.75, 3.05) is 13.1 Å². The quantitative estimate of drug-likeness (QED) is 0.749. The smallest absolute Gasteiger partial charge is 0.0604 e. The molecule has 100 valence electrons. The molecule has 1 saturated heterocycles. The summed E-state index contributed by atoms with van der Waals surface area (Å²) in [6, 6.07) is 0.723. The number of hydrogen-bond donors (Lipinski definition) is 0. The average Bonchev–Trinajstić information content (AvgIpc) is 2.16. The molecule has 2 fully saturated rings. The van der Waals surface area contributed by atoms with Crippen molar-refractivity contribution in [1.82, 2.24) is 4.90 Å². The monoisotopic (exact) mass is 239 g/mol. The SMILES string of the molecule is CC(C)OC1CCC2(CC1C)CN(C(C)C)C2. The predicted octanol–water partition coefficient (Wildman–Crippen LogP) is 3.31. The van der Waals surface area contributed by atoms with Crippen molar-refractivity contribution < 1.29 is 4.74 Å². The fraction of sp³-hybridized carbons (Fsp3) is 1.00. The van der Waals surface area contributed by atoms with Crippen LogP contribution in [0.1, 0.15) is 53.9 Å².